The largest absolute Gasteiger partial charge is 0.494 e. The normalized spacial score (nSPS) is 10.8. The Hall–Kier alpha value is -3.46. The Morgan fingerprint density at radius 3 is 2.61 bits per heavy atom. The van der Waals surface area contributed by atoms with Gasteiger partial charge in [0.05, 0.1) is 25.5 Å². The number of aromatic amines is 1. The molecule has 0 bridgehead atoms. The molecule has 0 fully saturated rings. The number of hydrazone groups is 1. The Bertz CT molecular complexity index is 1020. The highest BCUT2D eigenvalue weighted by Crippen LogP contribution is 2.20. The number of hydrogen-bond acceptors (Lipinski definition) is 7. The smallest absolute Gasteiger partial charge is 0.337 e. The van der Waals surface area contributed by atoms with Gasteiger partial charge < -0.3 is 9.47 Å². The van der Waals surface area contributed by atoms with Crippen LogP contribution in [0.3, 0.4) is 0 Å². The number of nitrogens with zero attached hydrogens (tertiary/aromatic N) is 3. The van der Waals surface area contributed by atoms with Gasteiger partial charge in [-0.15, -0.1) is 0 Å². The first kappa shape index (κ1) is 19.3. The number of esters is 1. The standard InChI is InChI=1S/C19H19N5O3S/c1-3-27-16-10-8-14(9-11-16)17-21-22-19(28)24(17)23-20-12-13-4-6-15(7-5-13)18(25)26-2/h4-12,23H,3H2,1-2H3,(H,22,28)/b20-12+. The van der Waals surface area contributed by atoms with Gasteiger partial charge in [-0.05, 0) is 61.1 Å². The van der Waals surface area contributed by atoms with E-state index in [0.717, 1.165) is 16.9 Å². The maximum Gasteiger partial charge on any atom is 0.337 e. The topological polar surface area (TPSA) is 93.5 Å². The molecule has 0 unspecified atom stereocenters. The number of methoxy groups -OCH3 is 1. The van der Waals surface area contributed by atoms with Crippen LogP contribution in [0, 0.1) is 4.77 Å². The predicted octanol–water partition coefficient (Wildman–Crippen LogP) is 3.37. The number of H-pyrrole nitrogens is 1. The molecule has 0 atom stereocenters. The van der Waals surface area contributed by atoms with Crippen molar-refractivity contribution >= 4 is 24.4 Å². The van der Waals surface area contributed by atoms with Crippen LogP contribution in [0.1, 0.15) is 22.8 Å². The maximum absolute atomic E-state index is 11.5. The average Bonchev–Trinajstić information content (AvgIpc) is 3.09. The molecule has 1 heterocycles. The van der Waals surface area contributed by atoms with E-state index in [2.05, 4.69) is 25.6 Å². The fourth-order valence-electron chi connectivity index (χ4n) is 2.43. The lowest BCUT2D eigenvalue weighted by Crippen LogP contribution is -2.10. The molecule has 0 radical (unpaired) electrons. The van der Waals surface area contributed by atoms with Crippen molar-refractivity contribution in [3.8, 4) is 17.1 Å². The molecule has 3 rings (SSSR count). The highest BCUT2D eigenvalue weighted by molar-refractivity contribution is 7.71. The summed E-state index contributed by atoms with van der Waals surface area (Å²) in [6.07, 6.45) is 1.61. The second kappa shape index (κ2) is 8.96. The van der Waals surface area contributed by atoms with E-state index in [0.29, 0.717) is 22.8 Å². The summed E-state index contributed by atoms with van der Waals surface area (Å²) in [6.45, 7) is 2.54. The van der Waals surface area contributed by atoms with Gasteiger partial charge in [0, 0.05) is 5.56 Å². The minimum absolute atomic E-state index is 0.377. The monoisotopic (exact) mass is 397 g/mol. The molecule has 0 aliphatic rings. The van der Waals surface area contributed by atoms with Crippen LogP contribution in [0.15, 0.2) is 53.6 Å². The molecule has 0 saturated carbocycles. The lowest BCUT2D eigenvalue weighted by atomic mass is 10.1. The number of ether oxygens (including phenoxy) is 2. The molecule has 3 aromatic rings. The van der Waals surface area contributed by atoms with E-state index < -0.39 is 0 Å². The summed E-state index contributed by atoms with van der Waals surface area (Å²) in [5, 5.41) is 11.2. The Labute approximate surface area is 166 Å². The fraction of sp³-hybridized carbons (Fsp3) is 0.158. The molecular weight excluding hydrogens is 378 g/mol. The molecule has 0 aliphatic heterocycles. The fourth-order valence-corrected chi connectivity index (χ4v) is 2.61. The maximum atomic E-state index is 11.5. The summed E-state index contributed by atoms with van der Waals surface area (Å²) in [6, 6.07) is 14.4. The number of aromatic nitrogens is 3. The van der Waals surface area contributed by atoms with Crippen molar-refractivity contribution in [3.63, 3.8) is 0 Å². The molecule has 1 aromatic heterocycles. The minimum atomic E-state index is -0.383. The number of benzene rings is 2. The summed E-state index contributed by atoms with van der Waals surface area (Å²) in [5.41, 5.74) is 4.99. The highest BCUT2D eigenvalue weighted by atomic mass is 32.1. The number of rotatable bonds is 7. The summed E-state index contributed by atoms with van der Waals surface area (Å²) in [5.74, 6) is 0.992. The predicted molar refractivity (Wildman–Crippen MR) is 109 cm³/mol. The Kier molecular flexibility index (Phi) is 6.18. The van der Waals surface area contributed by atoms with Crippen LogP contribution in [-0.4, -0.2) is 40.8 Å². The molecule has 2 N–H and O–H groups in total. The van der Waals surface area contributed by atoms with E-state index in [1.165, 1.54) is 7.11 Å². The first-order valence-corrected chi connectivity index (χ1v) is 8.91. The zero-order valence-electron chi connectivity index (χ0n) is 15.4. The summed E-state index contributed by atoms with van der Waals surface area (Å²) >= 11 is 5.26. The summed E-state index contributed by atoms with van der Waals surface area (Å²) < 4.78 is 12.1. The highest BCUT2D eigenvalue weighted by Gasteiger charge is 2.09. The van der Waals surface area contributed by atoms with E-state index in [1.54, 1.807) is 35.2 Å². The van der Waals surface area contributed by atoms with Crippen molar-refractivity contribution in [1.82, 2.24) is 14.9 Å². The van der Waals surface area contributed by atoms with E-state index in [-0.39, 0.29) is 5.97 Å². The van der Waals surface area contributed by atoms with Crippen molar-refractivity contribution in [2.75, 3.05) is 19.3 Å². The first-order valence-electron chi connectivity index (χ1n) is 8.50. The van der Waals surface area contributed by atoms with E-state index in [4.69, 9.17) is 17.0 Å². The average molecular weight is 397 g/mol. The molecular formula is C19H19N5O3S. The van der Waals surface area contributed by atoms with Crippen molar-refractivity contribution in [2.45, 2.75) is 6.92 Å². The van der Waals surface area contributed by atoms with Crippen LogP contribution in [-0.2, 0) is 4.74 Å². The lowest BCUT2D eigenvalue weighted by molar-refractivity contribution is 0.0600. The van der Waals surface area contributed by atoms with Gasteiger partial charge in [-0.2, -0.15) is 14.9 Å². The quantitative estimate of drug-likeness (QED) is 0.275. The van der Waals surface area contributed by atoms with Gasteiger partial charge in [-0.3, -0.25) is 0 Å². The van der Waals surface area contributed by atoms with Crippen LogP contribution < -0.4 is 10.3 Å². The van der Waals surface area contributed by atoms with Gasteiger partial charge in [-0.25, -0.2) is 15.4 Å². The van der Waals surface area contributed by atoms with E-state index >= 15 is 0 Å². The van der Waals surface area contributed by atoms with Gasteiger partial charge >= 0.3 is 5.97 Å². The van der Waals surface area contributed by atoms with Crippen LogP contribution in [0.25, 0.3) is 11.4 Å². The number of carbonyl (C=O) groups excluding carboxylic acids is 1. The molecule has 2 aromatic carbocycles. The van der Waals surface area contributed by atoms with Crippen LogP contribution in [0.4, 0.5) is 0 Å². The van der Waals surface area contributed by atoms with Gasteiger partial charge in [0.1, 0.15) is 5.75 Å². The third-order valence-electron chi connectivity index (χ3n) is 3.80. The van der Waals surface area contributed by atoms with Gasteiger partial charge in [0.15, 0.2) is 5.82 Å². The third kappa shape index (κ3) is 4.44. The van der Waals surface area contributed by atoms with E-state index in [9.17, 15) is 4.79 Å². The minimum Gasteiger partial charge on any atom is -0.494 e. The Balaban J connectivity index is 1.74. The van der Waals surface area contributed by atoms with Gasteiger partial charge in [-0.1, -0.05) is 12.1 Å². The second-order valence-electron chi connectivity index (χ2n) is 5.62. The first-order chi connectivity index (χ1) is 13.6. The van der Waals surface area contributed by atoms with Gasteiger partial charge in [0.25, 0.3) is 0 Å². The van der Waals surface area contributed by atoms with E-state index in [1.807, 2.05) is 31.2 Å². The van der Waals surface area contributed by atoms with Crippen LogP contribution in [0.2, 0.25) is 0 Å². The van der Waals surface area contributed by atoms with Gasteiger partial charge in [0.2, 0.25) is 4.77 Å². The summed E-state index contributed by atoms with van der Waals surface area (Å²) in [4.78, 5) is 11.5. The van der Waals surface area contributed by atoms with Crippen molar-refractivity contribution in [3.05, 3.63) is 64.4 Å². The molecule has 0 amide bonds. The Morgan fingerprint density at radius 2 is 1.96 bits per heavy atom. The summed E-state index contributed by atoms with van der Waals surface area (Å²) in [7, 11) is 1.35. The number of carbonyl (C=O) groups is 1. The third-order valence-corrected chi connectivity index (χ3v) is 4.07. The molecule has 9 heteroatoms. The molecule has 8 nitrogen and oxygen atoms in total. The molecule has 0 aliphatic carbocycles. The van der Waals surface area contributed by atoms with Crippen molar-refractivity contribution in [1.29, 1.82) is 0 Å². The SMILES string of the molecule is CCOc1ccc(-c2n[nH]c(=S)n2N/N=C/c2ccc(C(=O)OC)cc2)cc1. The number of hydrogen-bond donors (Lipinski definition) is 2. The number of nitrogens with one attached hydrogen (secondary N) is 2. The molecule has 144 valence electrons. The van der Waals surface area contributed by atoms with Crippen LogP contribution in [0.5, 0.6) is 5.75 Å². The zero-order valence-corrected chi connectivity index (χ0v) is 16.2. The Morgan fingerprint density at radius 1 is 1.25 bits per heavy atom. The molecule has 0 spiro atoms. The van der Waals surface area contributed by atoms with Crippen molar-refractivity contribution in [2.24, 2.45) is 5.10 Å². The van der Waals surface area contributed by atoms with Crippen LogP contribution >= 0.6 is 12.2 Å². The molecule has 0 saturated heterocycles. The second-order valence-corrected chi connectivity index (χ2v) is 6.00. The zero-order chi connectivity index (χ0) is 19.9. The lowest BCUT2D eigenvalue weighted by Gasteiger charge is -2.07. The molecule has 28 heavy (non-hydrogen) atoms. The van der Waals surface area contributed by atoms with Crippen molar-refractivity contribution < 1.29 is 14.3 Å².